The zero-order valence-corrected chi connectivity index (χ0v) is 19.2. The maximum Gasteiger partial charge on any atom is 0.271 e. The van der Waals surface area contributed by atoms with Crippen molar-refractivity contribution in [2.75, 3.05) is 11.1 Å². The van der Waals surface area contributed by atoms with Gasteiger partial charge in [-0.05, 0) is 56.5 Å². The minimum atomic E-state index is -3.33. The highest BCUT2D eigenvalue weighted by atomic mass is 35.5. The molecule has 7 nitrogen and oxygen atoms in total. The predicted molar refractivity (Wildman–Crippen MR) is 121 cm³/mol. The number of aryl methyl sites for hydroxylation is 1. The molecule has 1 N–H and O–H groups in total. The van der Waals surface area contributed by atoms with E-state index in [0.29, 0.717) is 27.6 Å². The molecule has 0 radical (unpaired) electrons. The molecule has 0 unspecified atom stereocenters. The summed E-state index contributed by atoms with van der Waals surface area (Å²) >= 11 is 6.06. The second kappa shape index (κ2) is 8.35. The van der Waals surface area contributed by atoms with E-state index < -0.39 is 9.84 Å². The first kappa shape index (κ1) is 22.2. The van der Waals surface area contributed by atoms with Gasteiger partial charge in [0.05, 0.1) is 10.6 Å². The molecule has 0 aliphatic carbocycles. The summed E-state index contributed by atoms with van der Waals surface area (Å²) in [6, 6.07) is 6.35. The minimum absolute atomic E-state index is 0.0474. The van der Waals surface area contributed by atoms with Gasteiger partial charge in [0.25, 0.3) is 5.56 Å². The molecule has 0 atom stereocenters. The van der Waals surface area contributed by atoms with Gasteiger partial charge in [0.15, 0.2) is 9.84 Å². The lowest BCUT2D eigenvalue weighted by Gasteiger charge is -2.15. The van der Waals surface area contributed by atoms with E-state index in [1.54, 1.807) is 30.5 Å². The molecule has 0 spiro atoms. The Morgan fingerprint density at radius 1 is 1.17 bits per heavy atom. The van der Waals surface area contributed by atoms with Crippen LogP contribution in [0.4, 0.5) is 11.6 Å². The molecule has 1 aromatic carbocycles. The number of nitrogens with zero attached hydrogens (tertiary/aromatic N) is 3. The fourth-order valence-electron chi connectivity index (χ4n) is 3.25. The van der Waals surface area contributed by atoms with Gasteiger partial charge in [-0.2, -0.15) is 4.98 Å². The van der Waals surface area contributed by atoms with Crippen LogP contribution in [0.5, 0.6) is 0 Å². The van der Waals surface area contributed by atoms with Gasteiger partial charge in [0, 0.05) is 23.3 Å². The molecular formula is C21H25ClN4O3S. The highest BCUT2D eigenvalue weighted by Crippen LogP contribution is 2.25. The van der Waals surface area contributed by atoms with Crippen LogP contribution in [-0.4, -0.2) is 28.7 Å². The molecule has 0 saturated carbocycles. The summed E-state index contributed by atoms with van der Waals surface area (Å²) in [5.41, 5.74) is 1.61. The monoisotopic (exact) mass is 448 g/mol. The fraction of sp³-hybridized carbons (Fsp3) is 0.381. The summed E-state index contributed by atoms with van der Waals surface area (Å²) in [6.45, 7) is 9.34. The second-order valence-electron chi connectivity index (χ2n) is 8.01. The third-order valence-electron chi connectivity index (χ3n) is 4.60. The molecule has 3 rings (SSSR count). The van der Waals surface area contributed by atoms with Crippen LogP contribution in [0.3, 0.4) is 0 Å². The molecule has 160 valence electrons. The van der Waals surface area contributed by atoms with Crippen LogP contribution < -0.4 is 10.9 Å². The standard InChI is InChI=1S/C21H25ClN4O3S/c1-12(2)11-30(28,29)16-6-7-18(14(5)8-16)24-21-23-10-15-9-17(22)20(27)26(13(3)4)19(15)25-21/h6-10,12-13H,11H2,1-5H3,(H,23,24,25). The van der Waals surface area contributed by atoms with Crippen molar-refractivity contribution in [2.24, 2.45) is 5.92 Å². The molecule has 2 aromatic heterocycles. The van der Waals surface area contributed by atoms with Crippen molar-refractivity contribution in [1.29, 1.82) is 0 Å². The van der Waals surface area contributed by atoms with Crippen LogP contribution in [0.25, 0.3) is 11.0 Å². The number of sulfone groups is 1. The van der Waals surface area contributed by atoms with Crippen molar-refractivity contribution in [3.63, 3.8) is 0 Å². The van der Waals surface area contributed by atoms with Crippen LogP contribution in [0.2, 0.25) is 5.02 Å². The van der Waals surface area contributed by atoms with Gasteiger partial charge < -0.3 is 5.32 Å². The fourth-order valence-corrected chi connectivity index (χ4v) is 5.16. The number of aromatic nitrogens is 3. The van der Waals surface area contributed by atoms with Crippen LogP contribution in [0.15, 0.2) is 40.2 Å². The zero-order chi connectivity index (χ0) is 22.2. The van der Waals surface area contributed by atoms with E-state index in [1.165, 1.54) is 4.57 Å². The Morgan fingerprint density at radius 2 is 1.87 bits per heavy atom. The summed E-state index contributed by atoms with van der Waals surface area (Å²) in [6.07, 6.45) is 1.60. The first-order chi connectivity index (χ1) is 14.0. The number of hydrogen-bond donors (Lipinski definition) is 1. The Labute approximate surface area is 181 Å². The maximum absolute atomic E-state index is 12.5. The highest BCUT2D eigenvalue weighted by molar-refractivity contribution is 7.91. The lowest BCUT2D eigenvalue weighted by atomic mass is 10.2. The quantitative estimate of drug-likeness (QED) is 0.596. The highest BCUT2D eigenvalue weighted by Gasteiger charge is 2.18. The molecule has 0 aliphatic heterocycles. The molecule has 3 aromatic rings. The SMILES string of the molecule is Cc1cc(S(=O)(=O)CC(C)C)ccc1Nc1ncc2cc(Cl)c(=O)n(C(C)C)c2n1. The van der Waals surface area contributed by atoms with Crippen LogP contribution >= 0.6 is 11.6 Å². The Morgan fingerprint density at radius 3 is 2.47 bits per heavy atom. The summed E-state index contributed by atoms with van der Waals surface area (Å²) < 4.78 is 26.5. The van der Waals surface area contributed by atoms with E-state index in [1.807, 2.05) is 34.6 Å². The van der Waals surface area contributed by atoms with E-state index in [2.05, 4.69) is 15.3 Å². The first-order valence-corrected chi connectivity index (χ1v) is 11.7. The largest absolute Gasteiger partial charge is 0.324 e. The van der Waals surface area contributed by atoms with Crippen molar-refractivity contribution in [3.8, 4) is 0 Å². The number of halogens is 1. The molecule has 0 saturated heterocycles. The van der Waals surface area contributed by atoms with Crippen molar-refractivity contribution in [3.05, 3.63) is 51.4 Å². The first-order valence-electron chi connectivity index (χ1n) is 9.68. The van der Waals surface area contributed by atoms with Crippen LogP contribution in [-0.2, 0) is 9.84 Å². The lowest BCUT2D eigenvalue weighted by molar-refractivity contribution is 0.582. The molecule has 0 amide bonds. The average Bonchev–Trinajstić information content (AvgIpc) is 2.63. The molecule has 2 heterocycles. The number of fused-ring (bicyclic) bond motifs is 1. The smallest absolute Gasteiger partial charge is 0.271 e. The molecule has 0 fully saturated rings. The predicted octanol–water partition coefficient (Wildman–Crippen LogP) is 4.51. The van der Waals surface area contributed by atoms with E-state index in [9.17, 15) is 13.2 Å². The van der Waals surface area contributed by atoms with Crippen molar-refractivity contribution in [1.82, 2.24) is 14.5 Å². The Bertz CT molecular complexity index is 1270. The number of rotatable bonds is 6. The molecule has 30 heavy (non-hydrogen) atoms. The van der Waals surface area contributed by atoms with Gasteiger partial charge in [-0.1, -0.05) is 25.4 Å². The number of anilines is 2. The van der Waals surface area contributed by atoms with Gasteiger partial charge in [-0.15, -0.1) is 0 Å². The van der Waals surface area contributed by atoms with Gasteiger partial charge in [0.1, 0.15) is 10.7 Å². The average molecular weight is 449 g/mol. The van der Waals surface area contributed by atoms with Crippen LogP contribution in [0.1, 0.15) is 39.3 Å². The van der Waals surface area contributed by atoms with Gasteiger partial charge in [0.2, 0.25) is 5.95 Å². The normalized spacial score (nSPS) is 12.1. The van der Waals surface area contributed by atoms with E-state index >= 15 is 0 Å². The third kappa shape index (κ3) is 4.49. The lowest BCUT2D eigenvalue weighted by Crippen LogP contribution is -2.23. The second-order valence-corrected chi connectivity index (χ2v) is 10.5. The van der Waals surface area contributed by atoms with E-state index in [4.69, 9.17) is 11.6 Å². The third-order valence-corrected chi connectivity index (χ3v) is 6.95. The minimum Gasteiger partial charge on any atom is -0.324 e. The topological polar surface area (TPSA) is 94.0 Å². The molecular weight excluding hydrogens is 424 g/mol. The van der Waals surface area contributed by atoms with E-state index in [0.717, 1.165) is 5.56 Å². The van der Waals surface area contributed by atoms with Gasteiger partial charge in [-0.3, -0.25) is 9.36 Å². The summed E-state index contributed by atoms with van der Waals surface area (Å²) in [4.78, 5) is 21.6. The van der Waals surface area contributed by atoms with E-state index in [-0.39, 0.29) is 28.3 Å². The van der Waals surface area contributed by atoms with Crippen LogP contribution in [0, 0.1) is 12.8 Å². The summed E-state index contributed by atoms with van der Waals surface area (Å²) in [7, 11) is -3.33. The van der Waals surface area contributed by atoms with Gasteiger partial charge in [-0.25, -0.2) is 13.4 Å². The Hall–Kier alpha value is -2.45. The summed E-state index contributed by atoms with van der Waals surface area (Å²) in [5, 5.41) is 3.90. The maximum atomic E-state index is 12.5. The number of benzene rings is 1. The zero-order valence-electron chi connectivity index (χ0n) is 17.6. The summed E-state index contributed by atoms with van der Waals surface area (Å²) in [5.74, 6) is 0.452. The Balaban J connectivity index is 2.00. The number of pyridine rings is 1. The van der Waals surface area contributed by atoms with Crippen molar-refractivity contribution < 1.29 is 8.42 Å². The van der Waals surface area contributed by atoms with Gasteiger partial charge >= 0.3 is 0 Å². The molecule has 9 heteroatoms. The number of hydrogen-bond acceptors (Lipinski definition) is 6. The Kier molecular flexibility index (Phi) is 6.19. The van der Waals surface area contributed by atoms with Crippen molar-refractivity contribution in [2.45, 2.75) is 45.6 Å². The number of nitrogens with one attached hydrogen (secondary N) is 1. The molecule has 0 aliphatic rings. The molecule has 0 bridgehead atoms. The van der Waals surface area contributed by atoms with Crippen molar-refractivity contribution >= 4 is 44.1 Å².